The predicted octanol–water partition coefficient (Wildman–Crippen LogP) is 0.860. The zero-order chi connectivity index (χ0) is 10.8. The Morgan fingerprint density at radius 1 is 1.57 bits per heavy atom. The Labute approximate surface area is 77.5 Å². The average Bonchev–Trinajstić information content (AvgIpc) is 2.46. The molecule has 0 saturated heterocycles. The maximum Gasteiger partial charge on any atom is 0.511 e. The molecule has 1 rings (SSSR count). The van der Waals surface area contributed by atoms with E-state index < -0.39 is 18.9 Å². The minimum absolute atomic E-state index is 0.922. The van der Waals surface area contributed by atoms with Crippen LogP contribution in [-0.2, 0) is 11.8 Å². The number of imidazole rings is 1. The molecule has 0 aliphatic carbocycles. The summed E-state index contributed by atoms with van der Waals surface area (Å²) in [5.41, 5.74) is 0. The Morgan fingerprint density at radius 2 is 2.21 bits per heavy atom. The summed E-state index contributed by atoms with van der Waals surface area (Å²) in [7, 11) is 1.63. The van der Waals surface area contributed by atoms with Crippen molar-refractivity contribution < 1.29 is 27.3 Å². The molecule has 0 unspecified atom stereocenters. The number of rotatable bonds is 1. The van der Waals surface area contributed by atoms with E-state index in [0.717, 1.165) is 4.57 Å². The quantitative estimate of drug-likeness (QED) is 0.643. The Kier molecular flexibility index (Phi) is 2.78. The molecule has 0 bridgehead atoms. The molecule has 0 aliphatic heterocycles. The molecule has 0 fully saturated rings. The molecule has 1 aromatic heterocycles. The molecule has 1 heterocycles. The van der Waals surface area contributed by atoms with E-state index in [2.05, 4.69) is 4.74 Å². The minimum atomic E-state index is -4.50. The molecule has 1 aromatic rings. The molecule has 0 amide bonds. The van der Waals surface area contributed by atoms with Gasteiger partial charge in [0.1, 0.15) is 12.4 Å². The highest BCUT2D eigenvalue weighted by molar-refractivity contribution is 5.69. The summed E-state index contributed by atoms with van der Waals surface area (Å²) >= 11 is 0. The second-order valence-electron chi connectivity index (χ2n) is 2.66. The maximum absolute atomic E-state index is 11.6. The van der Waals surface area contributed by atoms with Gasteiger partial charge in [0.2, 0.25) is 0 Å². The number of hydrogen-bond donors (Lipinski definition) is 0. The second-order valence-corrected chi connectivity index (χ2v) is 2.66. The first kappa shape index (κ1) is 10.6. The van der Waals surface area contributed by atoms with Crippen LogP contribution in [0, 0.1) is 0 Å². The number of halogens is 3. The normalized spacial score (nSPS) is 11.4. The lowest BCUT2D eigenvalue weighted by Crippen LogP contribution is -2.26. The van der Waals surface area contributed by atoms with Crippen molar-refractivity contribution in [1.82, 2.24) is 4.57 Å². The summed E-state index contributed by atoms with van der Waals surface area (Å²) < 4.78 is 41.4. The summed E-state index contributed by atoms with van der Waals surface area (Å²) in [5, 5.41) is 0. The van der Waals surface area contributed by atoms with Gasteiger partial charge < -0.3 is 4.74 Å². The van der Waals surface area contributed by atoms with Crippen LogP contribution in [-0.4, -0.2) is 23.4 Å². The number of carbonyl (C=O) groups excluding carboxylic acids is 1. The van der Waals surface area contributed by atoms with Crippen LogP contribution in [0.4, 0.5) is 18.0 Å². The fourth-order valence-electron chi connectivity index (χ4n) is 0.776. The van der Waals surface area contributed by atoms with Crippen molar-refractivity contribution in [1.29, 1.82) is 0 Å². The van der Waals surface area contributed by atoms with Crippen molar-refractivity contribution in [2.24, 2.45) is 7.05 Å². The molecule has 7 heteroatoms. The largest absolute Gasteiger partial charge is 0.511 e. The van der Waals surface area contributed by atoms with Crippen molar-refractivity contribution in [3.63, 3.8) is 0 Å². The number of aromatic nitrogens is 2. The van der Waals surface area contributed by atoms with Gasteiger partial charge in [-0.3, -0.25) is 0 Å². The fraction of sp³-hybridized carbons (Fsp3) is 0.429. The van der Waals surface area contributed by atoms with Gasteiger partial charge in [-0.05, 0) is 0 Å². The van der Waals surface area contributed by atoms with Crippen LogP contribution in [0.25, 0.3) is 0 Å². The lowest BCUT2D eigenvalue weighted by molar-refractivity contribution is -0.670. The Balaban J connectivity index is 2.52. The third kappa shape index (κ3) is 3.08. The molecule has 0 atom stereocenters. The van der Waals surface area contributed by atoms with E-state index in [0.29, 0.717) is 0 Å². The number of ether oxygens (including phenoxy) is 1. The van der Waals surface area contributed by atoms with Crippen LogP contribution in [0.2, 0.25) is 0 Å². The fourth-order valence-corrected chi connectivity index (χ4v) is 0.776. The summed E-state index contributed by atoms with van der Waals surface area (Å²) in [6.45, 7) is -1.58. The summed E-state index contributed by atoms with van der Waals surface area (Å²) in [6.07, 6.45) is -1.43. The summed E-state index contributed by atoms with van der Waals surface area (Å²) in [6, 6.07) is 0. The first-order valence-corrected chi connectivity index (χ1v) is 3.65. The lowest BCUT2D eigenvalue weighted by atomic mass is 10.7. The Hall–Kier alpha value is -1.53. The highest BCUT2D eigenvalue weighted by Gasteiger charge is 2.30. The standard InChI is InChI=1S/C7H8F3N2O2/c1-11-2-3-12(5-11)6(13)14-4-7(8,9)10/h2-3,5H,4H2,1H3/q+1. The highest BCUT2D eigenvalue weighted by atomic mass is 19.4. The second kappa shape index (κ2) is 3.69. The molecule has 4 nitrogen and oxygen atoms in total. The number of aryl methyl sites for hydroxylation is 1. The van der Waals surface area contributed by atoms with E-state index in [1.165, 1.54) is 23.3 Å². The summed E-state index contributed by atoms with van der Waals surface area (Å²) in [5.74, 6) is 0. The zero-order valence-corrected chi connectivity index (χ0v) is 7.28. The molecule has 14 heavy (non-hydrogen) atoms. The van der Waals surface area contributed by atoms with Crippen LogP contribution in [0.5, 0.6) is 0 Å². The van der Waals surface area contributed by atoms with Gasteiger partial charge in [-0.15, -0.1) is 4.57 Å². The number of nitrogens with zero attached hydrogens (tertiary/aromatic N) is 2. The molecule has 0 N–H and O–H groups in total. The summed E-state index contributed by atoms with van der Waals surface area (Å²) in [4.78, 5) is 10.9. The van der Waals surface area contributed by atoms with Gasteiger partial charge >= 0.3 is 12.3 Å². The topological polar surface area (TPSA) is 35.1 Å². The molecule has 0 spiro atoms. The van der Waals surface area contributed by atoms with Crippen molar-refractivity contribution >= 4 is 6.09 Å². The van der Waals surface area contributed by atoms with Gasteiger partial charge in [-0.25, -0.2) is 4.57 Å². The van der Waals surface area contributed by atoms with Crippen LogP contribution in [0.3, 0.4) is 0 Å². The van der Waals surface area contributed by atoms with E-state index in [-0.39, 0.29) is 0 Å². The molecular formula is C7H8F3N2O2+. The van der Waals surface area contributed by atoms with Gasteiger partial charge in [-0.2, -0.15) is 18.0 Å². The monoisotopic (exact) mass is 209 g/mol. The lowest BCUT2D eigenvalue weighted by Gasteiger charge is -2.04. The third-order valence-corrected chi connectivity index (χ3v) is 1.34. The molecule has 0 aromatic carbocycles. The minimum Gasteiger partial charge on any atom is -0.421 e. The molecule has 0 saturated carbocycles. The number of hydrogen-bond acceptors (Lipinski definition) is 2. The van der Waals surface area contributed by atoms with Crippen molar-refractivity contribution in [3.8, 4) is 0 Å². The first-order valence-electron chi connectivity index (χ1n) is 3.65. The maximum atomic E-state index is 11.6. The van der Waals surface area contributed by atoms with E-state index in [4.69, 9.17) is 0 Å². The van der Waals surface area contributed by atoms with Crippen molar-refractivity contribution in [3.05, 3.63) is 18.7 Å². The number of alkyl halides is 3. The van der Waals surface area contributed by atoms with E-state index in [1.807, 2.05) is 0 Å². The van der Waals surface area contributed by atoms with Gasteiger partial charge in [0.25, 0.3) is 6.33 Å². The smallest absolute Gasteiger partial charge is 0.421 e. The van der Waals surface area contributed by atoms with Crippen LogP contribution in [0.1, 0.15) is 0 Å². The van der Waals surface area contributed by atoms with Crippen LogP contribution < -0.4 is 4.57 Å². The Morgan fingerprint density at radius 3 is 2.64 bits per heavy atom. The van der Waals surface area contributed by atoms with E-state index in [1.54, 1.807) is 7.05 Å². The number of carbonyl (C=O) groups is 1. The molecular weight excluding hydrogens is 201 g/mol. The van der Waals surface area contributed by atoms with Crippen molar-refractivity contribution in [2.45, 2.75) is 6.18 Å². The van der Waals surface area contributed by atoms with Crippen LogP contribution in [0.15, 0.2) is 18.7 Å². The average molecular weight is 209 g/mol. The van der Waals surface area contributed by atoms with Crippen molar-refractivity contribution in [2.75, 3.05) is 6.61 Å². The zero-order valence-electron chi connectivity index (χ0n) is 7.28. The van der Waals surface area contributed by atoms with Gasteiger partial charge in [0, 0.05) is 0 Å². The Bertz CT molecular complexity index is 332. The molecule has 0 aliphatic rings. The van der Waals surface area contributed by atoms with E-state index in [9.17, 15) is 18.0 Å². The molecule has 78 valence electrons. The van der Waals surface area contributed by atoms with E-state index >= 15 is 0 Å². The molecule has 0 radical (unpaired) electrons. The van der Waals surface area contributed by atoms with Crippen LogP contribution >= 0.6 is 0 Å². The van der Waals surface area contributed by atoms with Gasteiger partial charge in [0.05, 0.1) is 7.05 Å². The SMILES string of the molecule is C[n+]1ccn(C(=O)OCC(F)(F)F)c1. The first-order chi connectivity index (χ1) is 6.38. The van der Waals surface area contributed by atoms with Gasteiger partial charge in [-0.1, -0.05) is 0 Å². The van der Waals surface area contributed by atoms with Gasteiger partial charge in [0.15, 0.2) is 6.61 Å². The predicted molar refractivity (Wildman–Crippen MR) is 38.4 cm³/mol. The third-order valence-electron chi connectivity index (χ3n) is 1.34. The highest BCUT2D eigenvalue weighted by Crippen LogP contribution is 2.14.